The van der Waals surface area contributed by atoms with Crippen LogP contribution in [0.2, 0.25) is 0 Å². The van der Waals surface area contributed by atoms with Crippen molar-refractivity contribution >= 4 is 0 Å². The van der Waals surface area contributed by atoms with Crippen LogP contribution in [-0.2, 0) is 6.54 Å². The SMILES string of the molecule is CCn1ncc(OC)c1C(N)c1ccccc1C. The van der Waals surface area contributed by atoms with Gasteiger partial charge in [-0.1, -0.05) is 24.3 Å². The Hall–Kier alpha value is -1.81. The van der Waals surface area contributed by atoms with Gasteiger partial charge in [-0.05, 0) is 25.0 Å². The normalized spacial score (nSPS) is 12.4. The molecular weight excluding hydrogens is 226 g/mol. The number of ether oxygens (including phenoxy) is 1. The zero-order chi connectivity index (χ0) is 13.1. The fraction of sp³-hybridized carbons (Fsp3) is 0.357. The topological polar surface area (TPSA) is 53.1 Å². The van der Waals surface area contributed by atoms with Gasteiger partial charge < -0.3 is 10.5 Å². The lowest BCUT2D eigenvalue weighted by Crippen LogP contribution is -2.18. The summed E-state index contributed by atoms with van der Waals surface area (Å²) in [6.45, 7) is 4.88. The van der Waals surface area contributed by atoms with E-state index in [0.29, 0.717) is 0 Å². The minimum absolute atomic E-state index is 0.219. The minimum atomic E-state index is -0.219. The number of hydrogen-bond donors (Lipinski definition) is 1. The number of methoxy groups -OCH3 is 1. The molecule has 1 atom stereocenters. The van der Waals surface area contributed by atoms with Crippen molar-refractivity contribution in [3.8, 4) is 5.75 Å². The Morgan fingerprint density at radius 1 is 1.39 bits per heavy atom. The molecule has 0 aliphatic heterocycles. The predicted molar refractivity (Wildman–Crippen MR) is 71.7 cm³/mol. The first kappa shape index (κ1) is 12.6. The number of nitrogens with two attached hydrogens (primary N) is 1. The van der Waals surface area contributed by atoms with Gasteiger partial charge in [0.15, 0.2) is 5.75 Å². The summed E-state index contributed by atoms with van der Waals surface area (Å²) in [7, 11) is 1.64. The quantitative estimate of drug-likeness (QED) is 0.899. The second-order valence-electron chi connectivity index (χ2n) is 4.25. The van der Waals surface area contributed by atoms with E-state index in [2.05, 4.69) is 18.1 Å². The second kappa shape index (κ2) is 5.23. The third kappa shape index (κ3) is 2.11. The molecule has 4 heteroatoms. The van der Waals surface area contributed by atoms with Crippen molar-refractivity contribution in [3.63, 3.8) is 0 Å². The molecule has 2 N–H and O–H groups in total. The highest BCUT2D eigenvalue weighted by atomic mass is 16.5. The van der Waals surface area contributed by atoms with E-state index in [0.717, 1.165) is 23.6 Å². The molecule has 2 rings (SSSR count). The van der Waals surface area contributed by atoms with Crippen molar-refractivity contribution in [2.75, 3.05) is 7.11 Å². The predicted octanol–water partition coefficient (Wildman–Crippen LogP) is 2.27. The highest BCUT2D eigenvalue weighted by Crippen LogP contribution is 2.29. The Morgan fingerprint density at radius 3 is 2.72 bits per heavy atom. The van der Waals surface area contributed by atoms with Crippen molar-refractivity contribution in [2.45, 2.75) is 26.4 Å². The highest BCUT2D eigenvalue weighted by molar-refractivity contribution is 5.39. The van der Waals surface area contributed by atoms with Crippen molar-refractivity contribution < 1.29 is 4.74 Å². The maximum Gasteiger partial charge on any atom is 0.161 e. The molecule has 1 aromatic carbocycles. The van der Waals surface area contributed by atoms with Gasteiger partial charge in [-0.3, -0.25) is 4.68 Å². The molecule has 0 aliphatic rings. The Bertz CT molecular complexity index is 512. The largest absolute Gasteiger partial charge is 0.493 e. The summed E-state index contributed by atoms with van der Waals surface area (Å²) in [5.74, 6) is 0.743. The molecule has 0 bridgehead atoms. The maximum atomic E-state index is 6.37. The first-order chi connectivity index (χ1) is 8.69. The lowest BCUT2D eigenvalue weighted by molar-refractivity contribution is 0.404. The Balaban J connectivity index is 2.48. The maximum absolute atomic E-state index is 6.37. The van der Waals surface area contributed by atoms with Crippen LogP contribution in [-0.4, -0.2) is 16.9 Å². The van der Waals surface area contributed by atoms with Crippen molar-refractivity contribution in [1.82, 2.24) is 9.78 Å². The summed E-state index contributed by atoms with van der Waals surface area (Å²) in [5.41, 5.74) is 9.58. The van der Waals surface area contributed by atoms with Crippen LogP contribution in [0.25, 0.3) is 0 Å². The first-order valence-electron chi connectivity index (χ1n) is 6.09. The zero-order valence-corrected chi connectivity index (χ0v) is 11.1. The minimum Gasteiger partial charge on any atom is -0.493 e. The van der Waals surface area contributed by atoms with Crippen LogP contribution in [0.3, 0.4) is 0 Å². The van der Waals surface area contributed by atoms with Crippen LogP contribution >= 0.6 is 0 Å². The van der Waals surface area contributed by atoms with Crippen LogP contribution in [0.1, 0.15) is 29.8 Å². The Labute approximate surface area is 107 Å². The smallest absolute Gasteiger partial charge is 0.161 e. The molecule has 0 amide bonds. The fourth-order valence-corrected chi connectivity index (χ4v) is 2.18. The van der Waals surface area contributed by atoms with Gasteiger partial charge in [-0.2, -0.15) is 5.10 Å². The van der Waals surface area contributed by atoms with Gasteiger partial charge >= 0.3 is 0 Å². The molecule has 1 aromatic heterocycles. The molecule has 0 saturated carbocycles. The number of rotatable bonds is 4. The van der Waals surface area contributed by atoms with E-state index < -0.39 is 0 Å². The molecule has 0 fully saturated rings. The first-order valence-corrected chi connectivity index (χ1v) is 6.09. The third-order valence-corrected chi connectivity index (χ3v) is 3.18. The number of benzene rings is 1. The van der Waals surface area contributed by atoms with E-state index >= 15 is 0 Å². The third-order valence-electron chi connectivity index (χ3n) is 3.18. The van der Waals surface area contributed by atoms with E-state index in [1.165, 1.54) is 5.56 Å². The summed E-state index contributed by atoms with van der Waals surface area (Å²) in [5, 5.41) is 4.29. The summed E-state index contributed by atoms with van der Waals surface area (Å²) in [4.78, 5) is 0. The van der Waals surface area contributed by atoms with Gasteiger partial charge in [0.25, 0.3) is 0 Å². The fourth-order valence-electron chi connectivity index (χ4n) is 2.18. The second-order valence-corrected chi connectivity index (χ2v) is 4.25. The summed E-state index contributed by atoms with van der Waals surface area (Å²) < 4.78 is 7.23. The summed E-state index contributed by atoms with van der Waals surface area (Å²) in [6, 6.07) is 7.91. The standard InChI is InChI=1S/C14H19N3O/c1-4-17-14(12(18-3)9-16-17)13(15)11-8-6-5-7-10(11)2/h5-9,13H,4,15H2,1-3H3. The molecule has 0 saturated heterocycles. The van der Waals surface area contributed by atoms with E-state index in [4.69, 9.17) is 10.5 Å². The Kier molecular flexibility index (Phi) is 3.67. The van der Waals surface area contributed by atoms with Crippen molar-refractivity contribution in [2.24, 2.45) is 5.73 Å². The Morgan fingerprint density at radius 2 is 2.11 bits per heavy atom. The number of nitrogens with zero attached hydrogens (tertiary/aromatic N) is 2. The molecular formula is C14H19N3O. The van der Waals surface area contributed by atoms with E-state index in [9.17, 15) is 0 Å². The average Bonchev–Trinajstić information content (AvgIpc) is 2.81. The van der Waals surface area contributed by atoms with Gasteiger partial charge in [-0.25, -0.2) is 0 Å². The molecule has 0 aliphatic carbocycles. The van der Waals surface area contributed by atoms with E-state index in [-0.39, 0.29) is 6.04 Å². The molecule has 1 unspecified atom stereocenters. The molecule has 4 nitrogen and oxygen atoms in total. The summed E-state index contributed by atoms with van der Waals surface area (Å²) >= 11 is 0. The lowest BCUT2D eigenvalue weighted by atomic mass is 9.99. The monoisotopic (exact) mass is 245 g/mol. The average molecular weight is 245 g/mol. The van der Waals surface area contributed by atoms with Crippen LogP contribution in [0.4, 0.5) is 0 Å². The van der Waals surface area contributed by atoms with Gasteiger partial charge in [-0.15, -0.1) is 0 Å². The van der Waals surface area contributed by atoms with Crippen molar-refractivity contribution in [1.29, 1.82) is 0 Å². The lowest BCUT2D eigenvalue weighted by Gasteiger charge is -2.17. The van der Waals surface area contributed by atoms with E-state index in [1.807, 2.05) is 29.8 Å². The molecule has 1 heterocycles. The summed E-state index contributed by atoms with van der Waals surface area (Å²) in [6.07, 6.45) is 1.72. The molecule has 2 aromatic rings. The van der Waals surface area contributed by atoms with Crippen molar-refractivity contribution in [3.05, 3.63) is 47.3 Å². The number of aromatic nitrogens is 2. The van der Waals surface area contributed by atoms with Gasteiger partial charge in [0, 0.05) is 6.54 Å². The van der Waals surface area contributed by atoms with Crippen LogP contribution in [0.15, 0.2) is 30.5 Å². The van der Waals surface area contributed by atoms with Crippen LogP contribution < -0.4 is 10.5 Å². The molecule has 96 valence electrons. The zero-order valence-electron chi connectivity index (χ0n) is 11.1. The molecule has 0 spiro atoms. The number of hydrogen-bond acceptors (Lipinski definition) is 3. The molecule has 18 heavy (non-hydrogen) atoms. The van der Waals surface area contributed by atoms with Gasteiger partial charge in [0.2, 0.25) is 0 Å². The van der Waals surface area contributed by atoms with Crippen LogP contribution in [0, 0.1) is 6.92 Å². The van der Waals surface area contributed by atoms with Crippen LogP contribution in [0.5, 0.6) is 5.75 Å². The molecule has 0 radical (unpaired) electrons. The van der Waals surface area contributed by atoms with Gasteiger partial charge in [0.1, 0.15) is 5.69 Å². The highest BCUT2D eigenvalue weighted by Gasteiger charge is 2.20. The number of aryl methyl sites for hydroxylation is 2. The van der Waals surface area contributed by atoms with E-state index in [1.54, 1.807) is 13.3 Å². The van der Waals surface area contributed by atoms with Gasteiger partial charge in [0.05, 0.1) is 19.3 Å².